The third kappa shape index (κ3) is 4.84. The van der Waals surface area contributed by atoms with Gasteiger partial charge in [0.25, 0.3) is 0 Å². The molecule has 0 saturated carbocycles. The largest absolute Gasteiger partial charge is 0.493 e. The molecule has 2 N–H and O–H groups in total. The fraction of sp³-hybridized carbons (Fsp3) is 0.429. The molecule has 0 unspecified atom stereocenters. The Morgan fingerprint density at radius 1 is 0.778 bits per heavy atom. The summed E-state index contributed by atoms with van der Waals surface area (Å²) in [6.45, 7) is 5.95. The van der Waals surface area contributed by atoms with Gasteiger partial charge in [0.1, 0.15) is 0 Å². The van der Waals surface area contributed by atoms with Gasteiger partial charge in [-0.2, -0.15) is 0 Å². The second-order valence-electron chi connectivity index (χ2n) is 6.83. The number of nitrogens with zero attached hydrogens (tertiary/aromatic N) is 2. The van der Waals surface area contributed by atoms with Gasteiger partial charge in [-0.1, -0.05) is 12.1 Å². The summed E-state index contributed by atoms with van der Waals surface area (Å²) in [7, 11) is 4.92. The summed E-state index contributed by atoms with van der Waals surface area (Å²) in [5, 5.41) is 0. The van der Waals surface area contributed by atoms with E-state index >= 15 is 0 Å². The lowest BCUT2D eigenvalue weighted by Gasteiger charge is -2.35. The standard InChI is InChI=1S/C21H29N3O3/c1-25-19-12-17(13-20(26-2)21(19)27-3)15-24-9-7-23(8-10-24)14-16-5-4-6-18(22)11-16/h4-6,11-13H,7-10,14-15,22H2,1-3H3. The Kier molecular flexibility index (Phi) is 6.42. The van der Waals surface area contributed by atoms with E-state index in [1.54, 1.807) is 21.3 Å². The minimum Gasteiger partial charge on any atom is -0.493 e. The molecule has 0 radical (unpaired) electrons. The van der Waals surface area contributed by atoms with Crippen LogP contribution < -0.4 is 19.9 Å². The number of rotatable bonds is 7. The van der Waals surface area contributed by atoms with E-state index in [2.05, 4.69) is 21.9 Å². The van der Waals surface area contributed by atoms with Crippen molar-refractivity contribution in [1.82, 2.24) is 9.80 Å². The molecule has 0 spiro atoms. The number of nitrogens with two attached hydrogens (primary N) is 1. The summed E-state index contributed by atoms with van der Waals surface area (Å²) in [5.41, 5.74) is 9.14. The molecule has 2 aromatic rings. The Morgan fingerprint density at radius 2 is 1.33 bits per heavy atom. The number of hydrogen-bond donors (Lipinski definition) is 1. The van der Waals surface area contributed by atoms with Crippen LogP contribution in [0.15, 0.2) is 36.4 Å². The smallest absolute Gasteiger partial charge is 0.203 e. The van der Waals surface area contributed by atoms with Crippen molar-refractivity contribution in [2.24, 2.45) is 0 Å². The molecule has 146 valence electrons. The van der Waals surface area contributed by atoms with Gasteiger partial charge < -0.3 is 19.9 Å². The van der Waals surface area contributed by atoms with Crippen molar-refractivity contribution in [2.75, 3.05) is 53.2 Å². The van der Waals surface area contributed by atoms with Crippen molar-refractivity contribution in [1.29, 1.82) is 0 Å². The van der Waals surface area contributed by atoms with Crippen LogP contribution >= 0.6 is 0 Å². The monoisotopic (exact) mass is 371 g/mol. The normalized spacial score (nSPS) is 15.5. The Labute approximate surface area is 161 Å². The molecule has 0 bridgehead atoms. The molecule has 0 aromatic heterocycles. The lowest BCUT2D eigenvalue weighted by Crippen LogP contribution is -2.45. The summed E-state index contributed by atoms with van der Waals surface area (Å²) >= 11 is 0. The molecule has 2 aromatic carbocycles. The highest BCUT2D eigenvalue weighted by molar-refractivity contribution is 5.53. The molecule has 6 nitrogen and oxygen atoms in total. The summed E-state index contributed by atoms with van der Waals surface area (Å²) in [5.74, 6) is 2.04. The lowest BCUT2D eigenvalue weighted by molar-refractivity contribution is 0.122. The summed E-state index contributed by atoms with van der Waals surface area (Å²) < 4.78 is 16.3. The number of nitrogen functional groups attached to an aromatic ring is 1. The third-order valence-corrected chi connectivity index (χ3v) is 4.95. The van der Waals surface area contributed by atoms with Crippen molar-refractivity contribution in [3.05, 3.63) is 47.5 Å². The lowest BCUT2D eigenvalue weighted by atomic mass is 10.1. The van der Waals surface area contributed by atoms with Gasteiger partial charge in [-0.25, -0.2) is 0 Å². The maximum absolute atomic E-state index is 5.88. The highest BCUT2D eigenvalue weighted by Crippen LogP contribution is 2.38. The maximum atomic E-state index is 5.88. The van der Waals surface area contributed by atoms with E-state index in [0.717, 1.165) is 50.5 Å². The zero-order valence-corrected chi connectivity index (χ0v) is 16.4. The van der Waals surface area contributed by atoms with E-state index < -0.39 is 0 Å². The van der Waals surface area contributed by atoms with Crippen LogP contribution in [0.4, 0.5) is 5.69 Å². The van der Waals surface area contributed by atoms with Gasteiger partial charge in [-0.3, -0.25) is 9.80 Å². The van der Waals surface area contributed by atoms with Crippen LogP contribution in [-0.4, -0.2) is 57.3 Å². The summed E-state index contributed by atoms with van der Waals surface area (Å²) in [4.78, 5) is 4.93. The molecule has 1 fully saturated rings. The van der Waals surface area contributed by atoms with Crippen molar-refractivity contribution in [2.45, 2.75) is 13.1 Å². The molecule has 0 atom stereocenters. The molecular formula is C21H29N3O3. The van der Waals surface area contributed by atoms with Gasteiger partial charge >= 0.3 is 0 Å². The first kappa shape index (κ1) is 19.3. The Bertz CT molecular complexity index is 733. The van der Waals surface area contributed by atoms with E-state index in [1.807, 2.05) is 24.3 Å². The molecule has 0 aliphatic carbocycles. The van der Waals surface area contributed by atoms with Crippen LogP contribution in [0.25, 0.3) is 0 Å². The van der Waals surface area contributed by atoms with Crippen molar-refractivity contribution in [3.8, 4) is 17.2 Å². The first-order valence-corrected chi connectivity index (χ1v) is 9.21. The fourth-order valence-corrected chi connectivity index (χ4v) is 3.54. The minimum absolute atomic E-state index is 0.635. The van der Waals surface area contributed by atoms with Gasteiger partial charge in [0, 0.05) is 45.0 Å². The first-order valence-electron chi connectivity index (χ1n) is 9.21. The minimum atomic E-state index is 0.635. The SMILES string of the molecule is COc1cc(CN2CCN(Cc3cccc(N)c3)CC2)cc(OC)c1OC. The van der Waals surface area contributed by atoms with E-state index in [4.69, 9.17) is 19.9 Å². The van der Waals surface area contributed by atoms with Gasteiger partial charge in [0.05, 0.1) is 21.3 Å². The number of ether oxygens (including phenoxy) is 3. The molecular weight excluding hydrogens is 342 g/mol. The van der Waals surface area contributed by atoms with Gasteiger partial charge in [0.2, 0.25) is 5.75 Å². The molecule has 27 heavy (non-hydrogen) atoms. The number of hydrogen-bond acceptors (Lipinski definition) is 6. The third-order valence-electron chi connectivity index (χ3n) is 4.95. The zero-order valence-electron chi connectivity index (χ0n) is 16.4. The van der Waals surface area contributed by atoms with Crippen LogP contribution in [0.2, 0.25) is 0 Å². The Hall–Kier alpha value is -2.44. The summed E-state index contributed by atoms with van der Waals surface area (Å²) in [6.07, 6.45) is 0. The highest BCUT2D eigenvalue weighted by Gasteiger charge is 2.19. The number of methoxy groups -OCH3 is 3. The Balaban J connectivity index is 1.59. The van der Waals surface area contributed by atoms with E-state index in [9.17, 15) is 0 Å². The average Bonchev–Trinajstić information content (AvgIpc) is 2.68. The topological polar surface area (TPSA) is 60.2 Å². The van der Waals surface area contributed by atoms with Crippen molar-refractivity contribution in [3.63, 3.8) is 0 Å². The van der Waals surface area contributed by atoms with Gasteiger partial charge in [-0.15, -0.1) is 0 Å². The Morgan fingerprint density at radius 3 is 1.81 bits per heavy atom. The van der Waals surface area contributed by atoms with E-state index in [0.29, 0.717) is 17.2 Å². The maximum Gasteiger partial charge on any atom is 0.203 e. The predicted octanol–water partition coefficient (Wildman–Crippen LogP) is 2.61. The van der Waals surface area contributed by atoms with Crippen LogP contribution in [0.5, 0.6) is 17.2 Å². The molecule has 1 heterocycles. The molecule has 1 saturated heterocycles. The quantitative estimate of drug-likeness (QED) is 0.755. The van der Waals surface area contributed by atoms with E-state index in [1.165, 1.54) is 5.56 Å². The fourth-order valence-electron chi connectivity index (χ4n) is 3.54. The first-order chi connectivity index (χ1) is 13.1. The van der Waals surface area contributed by atoms with Crippen LogP contribution in [0, 0.1) is 0 Å². The highest BCUT2D eigenvalue weighted by atomic mass is 16.5. The van der Waals surface area contributed by atoms with Gasteiger partial charge in [0.15, 0.2) is 11.5 Å². The molecule has 1 aliphatic heterocycles. The second kappa shape index (κ2) is 8.97. The van der Waals surface area contributed by atoms with Crippen molar-refractivity contribution < 1.29 is 14.2 Å². The zero-order chi connectivity index (χ0) is 19.2. The molecule has 0 amide bonds. The number of benzene rings is 2. The molecule has 1 aliphatic rings. The van der Waals surface area contributed by atoms with Crippen LogP contribution in [0.1, 0.15) is 11.1 Å². The predicted molar refractivity (Wildman–Crippen MR) is 108 cm³/mol. The van der Waals surface area contributed by atoms with Crippen LogP contribution in [-0.2, 0) is 13.1 Å². The van der Waals surface area contributed by atoms with E-state index in [-0.39, 0.29) is 0 Å². The average molecular weight is 371 g/mol. The second-order valence-corrected chi connectivity index (χ2v) is 6.83. The molecule has 6 heteroatoms. The van der Waals surface area contributed by atoms with Crippen molar-refractivity contribution >= 4 is 5.69 Å². The number of piperazine rings is 1. The number of anilines is 1. The van der Waals surface area contributed by atoms with Crippen LogP contribution in [0.3, 0.4) is 0 Å². The van der Waals surface area contributed by atoms with Gasteiger partial charge in [-0.05, 0) is 35.4 Å². The summed E-state index contributed by atoms with van der Waals surface area (Å²) in [6, 6.07) is 12.2. The molecule has 3 rings (SSSR count).